The highest BCUT2D eigenvalue weighted by atomic mass is 32.2. The van der Waals surface area contributed by atoms with Crippen molar-refractivity contribution in [2.75, 3.05) is 58.7 Å². The molecule has 2 rings (SSSR count). The van der Waals surface area contributed by atoms with Gasteiger partial charge in [0.15, 0.2) is 0 Å². The van der Waals surface area contributed by atoms with Gasteiger partial charge in [0, 0.05) is 45.3 Å². The molecule has 2 saturated heterocycles. The molecule has 25 heavy (non-hydrogen) atoms. The molecule has 0 aliphatic carbocycles. The second-order valence-corrected chi connectivity index (χ2v) is 11.5. The molecule has 0 N–H and O–H groups in total. The van der Waals surface area contributed by atoms with E-state index >= 15 is 0 Å². The maximum absolute atomic E-state index is 12.4. The summed E-state index contributed by atoms with van der Waals surface area (Å²) in [7, 11) is -6.76. The van der Waals surface area contributed by atoms with E-state index in [9.17, 15) is 16.8 Å². The number of rotatable bonds is 7. The van der Waals surface area contributed by atoms with Crippen molar-refractivity contribution < 1.29 is 21.6 Å². The standard InChI is InChI=1S/C15H31N3O5S2/c1-14(2)25(21,22)17-6-4-5-15(13-17)18(24(3,19)20)8-7-16-9-11-23-12-10-16/h14-15H,4-13H2,1-3H3. The quantitative estimate of drug-likeness (QED) is 0.590. The molecule has 0 radical (unpaired) electrons. The summed E-state index contributed by atoms with van der Waals surface area (Å²) in [5.41, 5.74) is 0. The van der Waals surface area contributed by atoms with Crippen LogP contribution in [0.15, 0.2) is 0 Å². The lowest BCUT2D eigenvalue weighted by atomic mass is 10.1. The molecule has 2 heterocycles. The second kappa shape index (κ2) is 8.62. The minimum absolute atomic E-state index is 0.247. The number of hydrogen-bond acceptors (Lipinski definition) is 6. The SMILES string of the molecule is CC(C)S(=O)(=O)N1CCCC(N(CCN2CCOCC2)S(C)(=O)=O)C1. The van der Waals surface area contributed by atoms with Gasteiger partial charge < -0.3 is 4.74 Å². The van der Waals surface area contributed by atoms with Gasteiger partial charge in [-0.25, -0.2) is 21.1 Å². The third-order valence-electron chi connectivity index (χ3n) is 4.89. The Morgan fingerprint density at radius 2 is 1.76 bits per heavy atom. The van der Waals surface area contributed by atoms with E-state index in [2.05, 4.69) is 4.90 Å². The molecule has 8 nitrogen and oxygen atoms in total. The number of morpholine rings is 1. The lowest BCUT2D eigenvalue weighted by Crippen LogP contribution is -2.54. The van der Waals surface area contributed by atoms with Crippen LogP contribution in [0.1, 0.15) is 26.7 Å². The zero-order chi connectivity index (χ0) is 18.7. The smallest absolute Gasteiger partial charge is 0.216 e. The van der Waals surface area contributed by atoms with Gasteiger partial charge in [-0.2, -0.15) is 4.31 Å². The van der Waals surface area contributed by atoms with Crippen LogP contribution < -0.4 is 0 Å². The van der Waals surface area contributed by atoms with E-state index in [0.717, 1.165) is 13.1 Å². The van der Waals surface area contributed by atoms with Gasteiger partial charge in [0.05, 0.1) is 24.7 Å². The first-order valence-electron chi connectivity index (χ1n) is 8.88. The lowest BCUT2D eigenvalue weighted by molar-refractivity contribution is 0.0345. The van der Waals surface area contributed by atoms with E-state index in [4.69, 9.17) is 4.74 Å². The number of sulfonamides is 2. The van der Waals surface area contributed by atoms with Gasteiger partial charge in [-0.1, -0.05) is 0 Å². The largest absolute Gasteiger partial charge is 0.379 e. The zero-order valence-corrected chi connectivity index (χ0v) is 17.1. The molecule has 2 fully saturated rings. The molecule has 0 aromatic rings. The summed E-state index contributed by atoms with van der Waals surface area (Å²) in [6.07, 6.45) is 2.59. The van der Waals surface area contributed by atoms with Gasteiger partial charge in [-0.15, -0.1) is 0 Å². The molecule has 1 unspecified atom stereocenters. The van der Waals surface area contributed by atoms with Crippen molar-refractivity contribution >= 4 is 20.0 Å². The van der Waals surface area contributed by atoms with Crippen molar-refractivity contribution in [2.24, 2.45) is 0 Å². The van der Waals surface area contributed by atoms with Crippen molar-refractivity contribution in [3.8, 4) is 0 Å². The first kappa shape index (κ1) is 21.0. The van der Waals surface area contributed by atoms with Gasteiger partial charge in [0.2, 0.25) is 20.0 Å². The molecule has 0 aromatic heterocycles. The maximum Gasteiger partial charge on any atom is 0.216 e. The molecule has 0 aromatic carbocycles. The number of hydrogen-bond donors (Lipinski definition) is 0. The van der Waals surface area contributed by atoms with Crippen LogP contribution in [0.2, 0.25) is 0 Å². The van der Waals surface area contributed by atoms with Crippen LogP contribution in [0.25, 0.3) is 0 Å². The predicted octanol–water partition coefficient (Wildman–Crippen LogP) is -0.217. The zero-order valence-electron chi connectivity index (χ0n) is 15.4. The number of ether oxygens (including phenoxy) is 1. The van der Waals surface area contributed by atoms with Crippen molar-refractivity contribution in [3.05, 3.63) is 0 Å². The Hall–Kier alpha value is -0.260. The number of nitrogens with zero attached hydrogens (tertiary/aromatic N) is 3. The van der Waals surface area contributed by atoms with E-state index in [1.165, 1.54) is 14.9 Å². The van der Waals surface area contributed by atoms with E-state index in [-0.39, 0.29) is 12.6 Å². The third kappa shape index (κ3) is 5.61. The third-order valence-corrected chi connectivity index (χ3v) is 8.46. The summed E-state index contributed by atoms with van der Waals surface area (Å²) in [5.74, 6) is 0. The van der Waals surface area contributed by atoms with Crippen LogP contribution in [0, 0.1) is 0 Å². The Kier molecular flexibility index (Phi) is 7.26. The molecule has 10 heteroatoms. The highest BCUT2D eigenvalue weighted by molar-refractivity contribution is 7.89. The first-order valence-corrected chi connectivity index (χ1v) is 12.2. The minimum atomic E-state index is -3.40. The summed E-state index contributed by atoms with van der Waals surface area (Å²) in [6.45, 7) is 8.01. The Bertz CT molecular complexity index is 630. The first-order chi connectivity index (χ1) is 11.6. The van der Waals surface area contributed by atoms with Crippen LogP contribution in [0.4, 0.5) is 0 Å². The lowest BCUT2D eigenvalue weighted by Gasteiger charge is -2.39. The highest BCUT2D eigenvalue weighted by Crippen LogP contribution is 2.22. The highest BCUT2D eigenvalue weighted by Gasteiger charge is 2.36. The summed E-state index contributed by atoms with van der Waals surface area (Å²) < 4.78 is 57.8. The van der Waals surface area contributed by atoms with E-state index in [1.807, 2.05) is 0 Å². The van der Waals surface area contributed by atoms with E-state index in [0.29, 0.717) is 45.7 Å². The summed E-state index contributed by atoms with van der Waals surface area (Å²) >= 11 is 0. The van der Waals surface area contributed by atoms with Gasteiger partial charge in [-0.3, -0.25) is 4.90 Å². The number of piperidine rings is 1. The topological polar surface area (TPSA) is 87.2 Å². The van der Waals surface area contributed by atoms with Crippen LogP contribution in [0.5, 0.6) is 0 Å². The fourth-order valence-corrected chi connectivity index (χ4v) is 5.86. The molecule has 2 aliphatic rings. The molecule has 0 spiro atoms. The van der Waals surface area contributed by atoms with Gasteiger partial charge in [0.1, 0.15) is 0 Å². The summed E-state index contributed by atoms with van der Waals surface area (Å²) in [4.78, 5) is 2.19. The average molecular weight is 398 g/mol. The van der Waals surface area contributed by atoms with E-state index < -0.39 is 25.3 Å². The van der Waals surface area contributed by atoms with Gasteiger partial charge >= 0.3 is 0 Å². The van der Waals surface area contributed by atoms with Gasteiger partial charge in [-0.05, 0) is 26.7 Å². The molecule has 0 saturated carbocycles. The molecule has 0 bridgehead atoms. The molecule has 0 amide bonds. The Morgan fingerprint density at radius 1 is 1.12 bits per heavy atom. The fraction of sp³-hybridized carbons (Fsp3) is 1.00. The maximum atomic E-state index is 12.4. The Balaban J connectivity index is 2.06. The molecular formula is C15H31N3O5S2. The monoisotopic (exact) mass is 397 g/mol. The van der Waals surface area contributed by atoms with Gasteiger partial charge in [0.25, 0.3) is 0 Å². The Morgan fingerprint density at radius 3 is 2.32 bits per heavy atom. The molecule has 1 atom stereocenters. The molecule has 2 aliphatic heterocycles. The summed E-state index contributed by atoms with van der Waals surface area (Å²) in [6, 6.07) is -0.293. The normalized spacial score (nSPS) is 24.9. The van der Waals surface area contributed by atoms with Crippen LogP contribution in [0.3, 0.4) is 0 Å². The predicted molar refractivity (Wildman–Crippen MR) is 97.5 cm³/mol. The van der Waals surface area contributed by atoms with Crippen molar-refractivity contribution in [1.29, 1.82) is 0 Å². The minimum Gasteiger partial charge on any atom is -0.379 e. The Labute approximate surface area is 152 Å². The van der Waals surface area contributed by atoms with Crippen molar-refractivity contribution in [3.63, 3.8) is 0 Å². The van der Waals surface area contributed by atoms with Crippen LogP contribution in [-0.4, -0.2) is 100 Å². The average Bonchev–Trinajstić information content (AvgIpc) is 2.55. The van der Waals surface area contributed by atoms with Crippen LogP contribution in [-0.2, 0) is 24.8 Å². The van der Waals surface area contributed by atoms with Crippen LogP contribution >= 0.6 is 0 Å². The fourth-order valence-electron chi connectivity index (χ4n) is 3.37. The van der Waals surface area contributed by atoms with E-state index in [1.54, 1.807) is 13.8 Å². The van der Waals surface area contributed by atoms with Crippen molar-refractivity contribution in [2.45, 2.75) is 38.0 Å². The second-order valence-electron chi connectivity index (χ2n) is 7.08. The summed E-state index contributed by atoms with van der Waals surface area (Å²) in [5, 5.41) is -0.494. The molecular weight excluding hydrogens is 366 g/mol. The van der Waals surface area contributed by atoms with Crippen molar-refractivity contribution in [1.82, 2.24) is 13.5 Å². The molecule has 148 valence electrons.